The molecule has 0 aliphatic heterocycles. The minimum absolute atomic E-state index is 0.0701. The monoisotopic (exact) mass is 499 g/mol. The van der Waals surface area contributed by atoms with Gasteiger partial charge in [0.1, 0.15) is 0 Å². The molecule has 0 aliphatic rings. The topological polar surface area (TPSA) is 39.1 Å². The molecular weight excluding hydrogens is 486 g/mol. The van der Waals surface area contributed by atoms with Crippen LogP contribution in [-0.4, -0.2) is 30.0 Å². The first-order valence-electron chi connectivity index (χ1n) is 6.46. The number of hydrogen-bond acceptors (Lipinski definition) is 4. The molecule has 0 fully saturated rings. The minimum Gasteiger partial charge on any atom is -0.383 e. The van der Waals surface area contributed by atoms with Gasteiger partial charge in [0.15, 0.2) is 0 Å². The zero-order valence-corrected chi connectivity index (χ0v) is 17.3. The highest BCUT2D eigenvalue weighted by Gasteiger charge is 2.24. The first kappa shape index (κ1) is 17.6. The Kier molecular flexibility index (Phi) is 6.89. The van der Waals surface area contributed by atoms with Crippen molar-refractivity contribution >= 4 is 59.1 Å². The molecule has 2 heterocycles. The van der Waals surface area contributed by atoms with Gasteiger partial charge in [0.25, 0.3) is 0 Å². The second kappa shape index (κ2) is 8.21. The van der Waals surface area contributed by atoms with E-state index in [0.717, 1.165) is 30.8 Å². The summed E-state index contributed by atoms with van der Waals surface area (Å²) < 4.78 is 10.4. The zero-order valence-electron chi connectivity index (χ0n) is 11.7. The van der Waals surface area contributed by atoms with E-state index in [1.165, 1.54) is 5.56 Å². The number of aromatic nitrogens is 2. The number of nitrogens with one attached hydrogen (secondary N) is 1. The van der Waals surface area contributed by atoms with Gasteiger partial charge in [0.2, 0.25) is 0 Å². The third-order valence-corrected chi connectivity index (χ3v) is 6.01. The maximum atomic E-state index is 5.17. The lowest BCUT2D eigenvalue weighted by atomic mass is 10.1. The van der Waals surface area contributed by atoms with Crippen molar-refractivity contribution in [1.82, 2.24) is 15.1 Å². The van der Waals surface area contributed by atoms with E-state index >= 15 is 0 Å². The summed E-state index contributed by atoms with van der Waals surface area (Å²) in [6.07, 6.45) is 1.84. The van der Waals surface area contributed by atoms with E-state index < -0.39 is 0 Å². The summed E-state index contributed by atoms with van der Waals surface area (Å²) in [5, 5.41) is 7.98. The van der Waals surface area contributed by atoms with Gasteiger partial charge in [-0.05, 0) is 60.4 Å². The fourth-order valence-corrected chi connectivity index (χ4v) is 5.55. The predicted octanol–water partition coefficient (Wildman–Crippen LogP) is 4.58. The summed E-state index contributed by atoms with van der Waals surface area (Å²) in [6.45, 7) is 4.33. The molecule has 21 heavy (non-hydrogen) atoms. The highest BCUT2D eigenvalue weighted by Crippen LogP contribution is 2.39. The first-order valence-corrected chi connectivity index (χ1v) is 9.66. The minimum atomic E-state index is 0.0701. The summed E-state index contributed by atoms with van der Waals surface area (Å²) in [5.74, 6) is 0. The van der Waals surface area contributed by atoms with Crippen molar-refractivity contribution in [1.29, 1.82) is 0 Å². The molecule has 0 saturated carbocycles. The van der Waals surface area contributed by atoms with Crippen LogP contribution < -0.4 is 5.32 Å². The molecule has 0 bridgehead atoms. The standard InChI is InChI=1S/C13H16Br3N3OS/c1-3-17-11(8-6-10(15)21-13(8)16)12-9(14)7-18-19(12)4-5-20-2/h6-7,11,17H,3-5H2,1-2H3. The molecule has 1 unspecified atom stereocenters. The van der Waals surface area contributed by atoms with Gasteiger partial charge in [0, 0.05) is 12.7 Å². The Bertz CT molecular complexity index is 599. The Labute approximate surface area is 153 Å². The van der Waals surface area contributed by atoms with Gasteiger partial charge in [-0.3, -0.25) is 4.68 Å². The zero-order chi connectivity index (χ0) is 15.4. The number of nitrogens with zero attached hydrogens (tertiary/aromatic N) is 2. The van der Waals surface area contributed by atoms with E-state index in [1.807, 2.05) is 10.9 Å². The molecule has 0 aromatic carbocycles. The highest BCUT2D eigenvalue weighted by molar-refractivity contribution is 9.12. The van der Waals surface area contributed by atoms with Crippen LogP contribution in [0.1, 0.15) is 24.2 Å². The first-order chi connectivity index (χ1) is 10.1. The number of halogens is 3. The van der Waals surface area contributed by atoms with Crippen molar-refractivity contribution in [2.24, 2.45) is 0 Å². The van der Waals surface area contributed by atoms with Crippen LogP contribution in [0.4, 0.5) is 0 Å². The van der Waals surface area contributed by atoms with Gasteiger partial charge in [0.05, 0.1) is 43.1 Å². The molecule has 116 valence electrons. The third kappa shape index (κ3) is 4.17. The van der Waals surface area contributed by atoms with Gasteiger partial charge >= 0.3 is 0 Å². The quantitative estimate of drug-likeness (QED) is 0.603. The molecule has 2 aromatic heterocycles. The Hall–Kier alpha value is 0.270. The molecule has 0 aliphatic carbocycles. The van der Waals surface area contributed by atoms with Crippen LogP contribution in [0.2, 0.25) is 0 Å². The maximum Gasteiger partial charge on any atom is 0.0779 e. The lowest BCUT2D eigenvalue weighted by Crippen LogP contribution is -2.26. The molecule has 0 amide bonds. The smallest absolute Gasteiger partial charge is 0.0779 e. The molecule has 0 radical (unpaired) electrons. The van der Waals surface area contributed by atoms with Gasteiger partial charge < -0.3 is 10.1 Å². The van der Waals surface area contributed by atoms with Crippen LogP contribution in [0.15, 0.2) is 24.3 Å². The predicted molar refractivity (Wildman–Crippen MR) is 97.0 cm³/mol. The Balaban J connectivity index is 2.43. The average Bonchev–Trinajstić information content (AvgIpc) is 2.97. The van der Waals surface area contributed by atoms with E-state index in [1.54, 1.807) is 18.4 Å². The second-order valence-corrected chi connectivity index (χ2v) is 8.97. The molecule has 2 rings (SSSR count). The van der Waals surface area contributed by atoms with Crippen LogP contribution in [0.25, 0.3) is 0 Å². The molecule has 2 aromatic rings. The van der Waals surface area contributed by atoms with Gasteiger partial charge in [-0.25, -0.2) is 0 Å². The molecular formula is C13H16Br3N3OS. The van der Waals surface area contributed by atoms with E-state index in [0.29, 0.717) is 6.61 Å². The summed E-state index contributed by atoms with van der Waals surface area (Å²) in [6, 6.07) is 2.21. The van der Waals surface area contributed by atoms with E-state index in [9.17, 15) is 0 Å². The third-order valence-electron chi connectivity index (χ3n) is 3.02. The largest absolute Gasteiger partial charge is 0.383 e. The van der Waals surface area contributed by atoms with Crippen molar-refractivity contribution in [2.45, 2.75) is 19.5 Å². The summed E-state index contributed by atoms with van der Waals surface area (Å²) in [7, 11) is 1.70. The summed E-state index contributed by atoms with van der Waals surface area (Å²) in [4.78, 5) is 0. The van der Waals surface area contributed by atoms with E-state index in [4.69, 9.17) is 4.74 Å². The van der Waals surface area contributed by atoms with Crippen molar-refractivity contribution in [3.8, 4) is 0 Å². The Morgan fingerprint density at radius 3 is 2.76 bits per heavy atom. The average molecular weight is 502 g/mol. The van der Waals surface area contributed by atoms with E-state index in [2.05, 4.69) is 71.2 Å². The van der Waals surface area contributed by atoms with Crippen LogP contribution in [-0.2, 0) is 11.3 Å². The van der Waals surface area contributed by atoms with Crippen LogP contribution in [0.3, 0.4) is 0 Å². The molecule has 4 nitrogen and oxygen atoms in total. The van der Waals surface area contributed by atoms with Crippen molar-refractivity contribution in [3.05, 3.63) is 35.6 Å². The van der Waals surface area contributed by atoms with Crippen molar-refractivity contribution in [2.75, 3.05) is 20.3 Å². The van der Waals surface area contributed by atoms with Crippen LogP contribution >= 0.6 is 59.1 Å². The Morgan fingerprint density at radius 1 is 1.43 bits per heavy atom. The fourth-order valence-electron chi connectivity index (χ4n) is 2.12. The maximum absolute atomic E-state index is 5.17. The fraction of sp³-hybridized carbons (Fsp3) is 0.462. The molecule has 1 atom stereocenters. The van der Waals surface area contributed by atoms with Gasteiger partial charge in [-0.1, -0.05) is 6.92 Å². The van der Waals surface area contributed by atoms with Gasteiger partial charge in [-0.15, -0.1) is 11.3 Å². The van der Waals surface area contributed by atoms with Crippen molar-refractivity contribution < 1.29 is 4.74 Å². The molecule has 8 heteroatoms. The molecule has 0 saturated heterocycles. The van der Waals surface area contributed by atoms with Crippen LogP contribution in [0.5, 0.6) is 0 Å². The lowest BCUT2D eigenvalue weighted by Gasteiger charge is -2.20. The molecule has 0 spiro atoms. The summed E-state index contributed by atoms with van der Waals surface area (Å²) in [5.41, 5.74) is 2.31. The second-order valence-electron chi connectivity index (χ2n) is 4.36. The lowest BCUT2D eigenvalue weighted by molar-refractivity contribution is 0.182. The number of rotatable bonds is 7. The van der Waals surface area contributed by atoms with Crippen LogP contribution in [0, 0.1) is 0 Å². The number of hydrogen-bond donors (Lipinski definition) is 1. The number of methoxy groups -OCH3 is 1. The highest BCUT2D eigenvalue weighted by atomic mass is 79.9. The Morgan fingerprint density at radius 2 is 2.19 bits per heavy atom. The normalized spacial score (nSPS) is 12.8. The number of thiophene rings is 1. The SMILES string of the molecule is CCNC(c1cc(Br)sc1Br)c1c(Br)cnn1CCOC. The van der Waals surface area contributed by atoms with E-state index in [-0.39, 0.29) is 6.04 Å². The number of ether oxygens (including phenoxy) is 1. The van der Waals surface area contributed by atoms with Crippen molar-refractivity contribution in [3.63, 3.8) is 0 Å². The molecule has 1 N–H and O–H groups in total. The summed E-state index contributed by atoms with van der Waals surface area (Å²) >= 11 is 12.5. The van der Waals surface area contributed by atoms with Gasteiger partial charge in [-0.2, -0.15) is 5.10 Å².